The van der Waals surface area contributed by atoms with E-state index in [4.69, 9.17) is 5.73 Å². The topological polar surface area (TPSA) is 58.4 Å². The SMILES string of the molecule is NC(=O)C1CC=CN2NCCC12. The number of hydrazine groups is 1. The van der Waals surface area contributed by atoms with Crippen LogP contribution >= 0.6 is 0 Å². The summed E-state index contributed by atoms with van der Waals surface area (Å²) in [4.78, 5) is 11.0. The van der Waals surface area contributed by atoms with Crippen LogP contribution < -0.4 is 11.2 Å². The first kappa shape index (κ1) is 7.61. The number of carbonyl (C=O) groups excluding carboxylic acids is 1. The number of nitrogens with zero attached hydrogens (tertiary/aromatic N) is 1. The van der Waals surface area contributed by atoms with Crippen LogP contribution in [0.1, 0.15) is 12.8 Å². The van der Waals surface area contributed by atoms with E-state index in [0.29, 0.717) is 0 Å². The van der Waals surface area contributed by atoms with E-state index in [-0.39, 0.29) is 17.9 Å². The van der Waals surface area contributed by atoms with E-state index in [1.165, 1.54) is 0 Å². The summed E-state index contributed by atoms with van der Waals surface area (Å²) in [5.74, 6) is -0.192. The first-order valence-electron chi connectivity index (χ1n) is 4.27. The van der Waals surface area contributed by atoms with Crippen molar-refractivity contribution in [3.05, 3.63) is 12.3 Å². The number of nitrogens with one attached hydrogen (secondary N) is 1. The molecule has 0 spiro atoms. The Morgan fingerprint density at radius 2 is 2.50 bits per heavy atom. The zero-order valence-corrected chi connectivity index (χ0v) is 6.86. The van der Waals surface area contributed by atoms with Gasteiger partial charge in [0.2, 0.25) is 5.91 Å². The molecule has 0 aromatic rings. The van der Waals surface area contributed by atoms with Crippen molar-refractivity contribution in [2.24, 2.45) is 11.7 Å². The molecule has 3 N–H and O–H groups in total. The van der Waals surface area contributed by atoms with E-state index in [1.54, 1.807) is 0 Å². The molecule has 4 nitrogen and oxygen atoms in total. The lowest BCUT2D eigenvalue weighted by atomic mass is 9.91. The van der Waals surface area contributed by atoms with Crippen LogP contribution in [0.5, 0.6) is 0 Å². The zero-order chi connectivity index (χ0) is 8.55. The van der Waals surface area contributed by atoms with Crippen LogP contribution in [-0.4, -0.2) is 23.5 Å². The quantitative estimate of drug-likeness (QED) is 0.558. The number of rotatable bonds is 1. The van der Waals surface area contributed by atoms with Crippen molar-refractivity contribution >= 4 is 5.91 Å². The molecule has 66 valence electrons. The molecular formula is C8H13N3O. The monoisotopic (exact) mass is 167 g/mol. The molecule has 0 aromatic carbocycles. The van der Waals surface area contributed by atoms with Gasteiger partial charge in [-0.25, -0.2) is 5.43 Å². The molecule has 2 rings (SSSR count). The third-order valence-electron chi connectivity index (χ3n) is 2.58. The summed E-state index contributed by atoms with van der Waals surface area (Å²) in [5.41, 5.74) is 8.48. The maximum atomic E-state index is 11.0. The summed E-state index contributed by atoms with van der Waals surface area (Å²) in [6.07, 6.45) is 5.79. The van der Waals surface area contributed by atoms with Crippen molar-refractivity contribution in [3.63, 3.8) is 0 Å². The number of nitrogens with two attached hydrogens (primary N) is 1. The molecule has 0 bridgehead atoms. The van der Waals surface area contributed by atoms with E-state index in [0.717, 1.165) is 19.4 Å². The fraction of sp³-hybridized carbons (Fsp3) is 0.625. The van der Waals surface area contributed by atoms with Crippen LogP contribution in [0, 0.1) is 5.92 Å². The fourth-order valence-electron chi connectivity index (χ4n) is 1.94. The Labute approximate surface area is 71.4 Å². The van der Waals surface area contributed by atoms with Crippen molar-refractivity contribution in [1.82, 2.24) is 10.4 Å². The first-order valence-corrected chi connectivity index (χ1v) is 4.27. The van der Waals surface area contributed by atoms with Gasteiger partial charge in [-0.1, -0.05) is 6.08 Å². The Balaban J connectivity index is 2.16. The first-order chi connectivity index (χ1) is 5.79. The molecule has 1 amide bonds. The maximum Gasteiger partial charge on any atom is 0.222 e. The number of hydrogen-bond acceptors (Lipinski definition) is 3. The van der Waals surface area contributed by atoms with Crippen LogP contribution in [-0.2, 0) is 4.79 Å². The highest BCUT2D eigenvalue weighted by Gasteiger charge is 2.34. The van der Waals surface area contributed by atoms with Gasteiger partial charge >= 0.3 is 0 Å². The summed E-state index contributed by atoms with van der Waals surface area (Å²) in [6, 6.07) is 0.285. The van der Waals surface area contributed by atoms with Crippen LogP contribution in [0.25, 0.3) is 0 Å². The second-order valence-corrected chi connectivity index (χ2v) is 3.30. The Kier molecular flexibility index (Phi) is 1.77. The van der Waals surface area contributed by atoms with Gasteiger partial charge in [0.15, 0.2) is 0 Å². The number of carbonyl (C=O) groups is 1. The number of allylic oxidation sites excluding steroid dienone is 1. The van der Waals surface area contributed by atoms with Crippen LogP contribution in [0.4, 0.5) is 0 Å². The lowest BCUT2D eigenvalue weighted by molar-refractivity contribution is -0.123. The van der Waals surface area contributed by atoms with Gasteiger partial charge in [-0.05, 0) is 12.8 Å². The zero-order valence-electron chi connectivity index (χ0n) is 6.86. The number of primary amides is 1. The molecule has 0 radical (unpaired) electrons. The van der Waals surface area contributed by atoms with Gasteiger partial charge in [0, 0.05) is 12.7 Å². The van der Waals surface area contributed by atoms with E-state index in [2.05, 4.69) is 5.43 Å². The van der Waals surface area contributed by atoms with Crippen molar-refractivity contribution in [1.29, 1.82) is 0 Å². The third-order valence-corrected chi connectivity index (χ3v) is 2.58. The Bertz CT molecular complexity index is 226. The minimum Gasteiger partial charge on any atom is -0.369 e. The van der Waals surface area contributed by atoms with Crippen LogP contribution in [0.2, 0.25) is 0 Å². The molecular weight excluding hydrogens is 154 g/mol. The number of amides is 1. The molecule has 4 heteroatoms. The van der Waals surface area contributed by atoms with Crippen molar-refractivity contribution in [2.45, 2.75) is 18.9 Å². The van der Waals surface area contributed by atoms with E-state index < -0.39 is 0 Å². The average Bonchev–Trinajstić information content (AvgIpc) is 2.49. The van der Waals surface area contributed by atoms with E-state index in [9.17, 15) is 4.79 Å². The largest absolute Gasteiger partial charge is 0.369 e. The third kappa shape index (κ3) is 1.08. The lowest BCUT2D eigenvalue weighted by Crippen LogP contribution is -2.44. The molecule has 0 saturated carbocycles. The van der Waals surface area contributed by atoms with Crippen molar-refractivity contribution in [3.8, 4) is 0 Å². The number of hydrogen-bond donors (Lipinski definition) is 2. The van der Waals surface area contributed by atoms with E-state index >= 15 is 0 Å². The molecule has 2 atom stereocenters. The molecule has 0 aliphatic carbocycles. The highest BCUT2D eigenvalue weighted by atomic mass is 16.1. The summed E-state index contributed by atoms with van der Waals surface area (Å²) in [5, 5.41) is 2.00. The summed E-state index contributed by atoms with van der Waals surface area (Å²) in [7, 11) is 0. The van der Waals surface area contributed by atoms with Crippen molar-refractivity contribution in [2.75, 3.05) is 6.54 Å². The molecule has 1 fully saturated rings. The van der Waals surface area contributed by atoms with Gasteiger partial charge in [0.1, 0.15) is 0 Å². The van der Waals surface area contributed by atoms with Crippen molar-refractivity contribution < 1.29 is 4.79 Å². The summed E-state index contributed by atoms with van der Waals surface area (Å²) >= 11 is 0. The normalized spacial score (nSPS) is 33.5. The number of fused-ring (bicyclic) bond motifs is 1. The predicted molar refractivity (Wildman–Crippen MR) is 44.7 cm³/mol. The minimum atomic E-state index is -0.182. The second-order valence-electron chi connectivity index (χ2n) is 3.30. The Morgan fingerprint density at radius 3 is 3.25 bits per heavy atom. The molecule has 12 heavy (non-hydrogen) atoms. The van der Waals surface area contributed by atoms with Gasteiger partial charge in [-0.15, -0.1) is 0 Å². The Hall–Kier alpha value is -1.03. The van der Waals surface area contributed by atoms with Gasteiger partial charge in [-0.2, -0.15) is 0 Å². The standard InChI is InChI=1S/C8H13N3O/c9-8(12)6-2-1-5-11-7(6)3-4-10-11/h1,5-7,10H,2-4H2,(H2,9,12). The average molecular weight is 167 g/mol. The summed E-state index contributed by atoms with van der Waals surface area (Å²) in [6.45, 7) is 0.943. The highest BCUT2D eigenvalue weighted by Crippen LogP contribution is 2.25. The molecule has 1 saturated heterocycles. The van der Waals surface area contributed by atoms with Crippen LogP contribution in [0.15, 0.2) is 12.3 Å². The lowest BCUT2D eigenvalue weighted by Gasteiger charge is -2.31. The Morgan fingerprint density at radius 1 is 1.67 bits per heavy atom. The van der Waals surface area contributed by atoms with Gasteiger partial charge in [0.25, 0.3) is 0 Å². The smallest absolute Gasteiger partial charge is 0.222 e. The van der Waals surface area contributed by atoms with Crippen LogP contribution in [0.3, 0.4) is 0 Å². The summed E-state index contributed by atoms with van der Waals surface area (Å²) < 4.78 is 0. The van der Waals surface area contributed by atoms with Gasteiger partial charge in [0.05, 0.1) is 12.0 Å². The molecule has 2 aliphatic rings. The molecule has 2 unspecified atom stereocenters. The minimum absolute atomic E-state index is 0.00926. The van der Waals surface area contributed by atoms with E-state index in [1.807, 2.05) is 17.3 Å². The molecule has 2 heterocycles. The molecule has 2 aliphatic heterocycles. The van der Waals surface area contributed by atoms with Gasteiger partial charge in [-0.3, -0.25) is 4.79 Å². The fourth-order valence-corrected chi connectivity index (χ4v) is 1.94. The highest BCUT2D eigenvalue weighted by molar-refractivity contribution is 5.77. The predicted octanol–water partition coefficient (Wildman–Crippen LogP) is -0.416. The second kappa shape index (κ2) is 2.79. The van der Waals surface area contributed by atoms with Gasteiger partial charge < -0.3 is 10.7 Å². The maximum absolute atomic E-state index is 11.0. The molecule has 0 aromatic heterocycles.